The van der Waals surface area contributed by atoms with Gasteiger partial charge in [0.15, 0.2) is 5.75 Å². The Morgan fingerprint density at radius 1 is 0.932 bits per heavy atom. The van der Waals surface area contributed by atoms with Crippen molar-refractivity contribution in [2.75, 3.05) is 46.1 Å². The minimum Gasteiger partial charge on any atom is -0.482 e. The molecule has 0 heterocycles. The third-order valence-electron chi connectivity index (χ3n) is 6.32. The number of carbonyl (C=O) groups is 1. The Morgan fingerprint density at radius 3 is 2.20 bits per heavy atom. The summed E-state index contributed by atoms with van der Waals surface area (Å²) in [7, 11) is 0. The highest BCUT2D eigenvalue weighted by molar-refractivity contribution is 5.67. The fourth-order valence-corrected chi connectivity index (χ4v) is 4.22. The maximum atomic E-state index is 11.8. The van der Waals surface area contributed by atoms with Crippen molar-refractivity contribution in [3.05, 3.63) is 106 Å². The van der Waals surface area contributed by atoms with Crippen molar-refractivity contribution in [3.8, 4) is 5.75 Å². The highest BCUT2D eigenvalue weighted by Crippen LogP contribution is 2.31. The molecule has 2 N–H and O–H groups in total. The summed E-state index contributed by atoms with van der Waals surface area (Å²) in [6.45, 7) is 8.71. The lowest BCUT2D eigenvalue weighted by molar-refractivity contribution is -0.386. The highest BCUT2D eigenvalue weighted by Gasteiger charge is 2.21. The Morgan fingerprint density at radius 2 is 1.57 bits per heavy atom. The largest absolute Gasteiger partial charge is 0.482 e. The maximum absolute atomic E-state index is 11.8. The van der Waals surface area contributed by atoms with Crippen molar-refractivity contribution >= 4 is 11.8 Å². The van der Waals surface area contributed by atoms with Crippen LogP contribution in [-0.2, 0) is 27.4 Å². The van der Waals surface area contributed by atoms with Gasteiger partial charge in [0.25, 0.3) is 0 Å². The molecule has 0 aromatic heterocycles. The first-order valence-corrected chi connectivity index (χ1v) is 14.6. The topological polar surface area (TPSA) is 133 Å². The van der Waals surface area contributed by atoms with E-state index in [0.29, 0.717) is 51.6 Å². The maximum Gasteiger partial charge on any atom is 0.407 e. The number of hydrogen-bond acceptors (Lipinski definition) is 9. The number of alkyl carbamates (subject to hydrolysis) is 1. The van der Waals surface area contributed by atoms with Crippen LogP contribution in [0.15, 0.2) is 78.9 Å². The first-order chi connectivity index (χ1) is 21.1. The predicted octanol–water partition coefficient (Wildman–Crippen LogP) is 5.27. The molecule has 11 nitrogen and oxygen atoms in total. The Bertz CT molecular complexity index is 1290. The van der Waals surface area contributed by atoms with Gasteiger partial charge in [-0.2, -0.15) is 0 Å². The number of hydrogen-bond donors (Lipinski definition) is 2. The van der Waals surface area contributed by atoms with E-state index in [4.69, 9.17) is 18.9 Å². The second-order valence-corrected chi connectivity index (χ2v) is 11.1. The van der Waals surface area contributed by atoms with Crippen molar-refractivity contribution in [3.63, 3.8) is 0 Å². The third-order valence-corrected chi connectivity index (χ3v) is 6.32. The van der Waals surface area contributed by atoms with E-state index < -0.39 is 22.7 Å². The molecule has 0 aliphatic heterocycles. The van der Waals surface area contributed by atoms with Crippen LogP contribution in [0.5, 0.6) is 5.75 Å². The second kappa shape index (κ2) is 17.9. The fourth-order valence-electron chi connectivity index (χ4n) is 4.22. The molecule has 1 amide bonds. The molecule has 0 radical (unpaired) electrons. The molecule has 0 spiro atoms. The predicted molar refractivity (Wildman–Crippen MR) is 166 cm³/mol. The van der Waals surface area contributed by atoms with Crippen molar-refractivity contribution < 1.29 is 33.8 Å². The van der Waals surface area contributed by atoms with Crippen LogP contribution in [0.1, 0.15) is 43.6 Å². The molecule has 0 saturated carbocycles. The Labute approximate surface area is 258 Å². The fraction of sp³-hybridized carbons (Fsp3) is 0.424. The number of benzene rings is 3. The van der Waals surface area contributed by atoms with Gasteiger partial charge in [-0.3, -0.25) is 15.0 Å². The van der Waals surface area contributed by atoms with Crippen molar-refractivity contribution in [1.82, 2.24) is 10.2 Å². The minimum absolute atomic E-state index is 0.146. The summed E-state index contributed by atoms with van der Waals surface area (Å²) < 4.78 is 22.2. The van der Waals surface area contributed by atoms with E-state index in [-0.39, 0.29) is 24.6 Å². The van der Waals surface area contributed by atoms with Crippen molar-refractivity contribution in [2.45, 2.75) is 45.6 Å². The number of ether oxygens (including phenoxy) is 4. The first-order valence-electron chi connectivity index (χ1n) is 14.6. The number of nitrogens with zero attached hydrogens (tertiary/aromatic N) is 2. The molecule has 3 aromatic rings. The van der Waals surface area contributed by atoms with Crippen LogP contribution < -0.4 is 10.1 Å². The molecule has 238 valence electrons. The lowest BCUT2D eigenvalue weighted by Crippen LogP contribution is -2.34. The van der Waals surface area contributed by atoms with E-state index in [2.05, 4.69) is 5.32 Å². The first kappa shape index (κ1) is 34.5. The summed E-state index contributed by atoms with van der Waals surface area (Å²) in [5.41, 5.74) is 1.64. The molecule has 0 aliphatic carbocycles. The molecule has 0 bridgehead atoms. The average molecular weight is 610 g/mol. The molecule has 0 fully saturated rings. The van der Waals surface area contributed by atoms with Crippen LogP contribution in [0.25, 0.3) is 0 Å². The Hall–Kier alpha value is -4.03. The van der Waals surface area contributed by atoms with Crippen LogP contribution in [0.3, 0.4) is 0 Å². The van der Waals surface area contributed by atoms with Gasteiger partial charge in [-0.25, -0.2) is 4.79 Å². The van der Waals surface area contributed by atoms with E-state index in [9.17, 15) is 20.0 Å². The zero-order valence-corrected chi connectivity index (χ0v) is 25.6. The van der Waals surface area contributed by atoms with E-state index >= 15 is 0 Å². The molecule has 3 rings (SSSR count). The number of nitrogens with one attached hydrogen (secondary N) is 1. The number of nitro benzene ring substituents is 1. The normalized spacial score (nSPS) is 12.1. The highest BCUT2D eigenvalue weighted by atomic mass is 16.6. The Balaban J connectivity index is 1.49. The van der Waals surface area contributed by atoms with Gasteiger partial charge in [-0.15, -0.1) is 0 Å². The minimum atomic E-state index is -0.971. The summed E-state index contributed by atoms with van der Waals surface area (Å²) in [4.78, 5) is 25.0. The molecule has 0 saturated heterocycles. The van der Waals surface area contributed by atoms with Gasteiger partial charge in [0.1, 0.15) is 12.2 Å². The standard InChI is InChI=1S/C33H43N3O8/c1-33(2,3)44-32(38)34-16-18-41-20-21-42-19-17-35(23-26-10-6-4-7-11-26)24-30(37)28-14-15-31(29(22-28)36(39)40)43-25-27-12-8-5-9-13-27/h4-15,22,30,37H,16-21,23-25H2,1-3H3,(H,34,38). The third kappa shape index (κ3) is 13.1. The van der Waals surface area contributed by atoms with Gasteiger partial charge < -0.3 is 29.4 Å². The van der Waals surface area contributed by atoms with Gasteiger partial charge in [-0.05, 0) is 43.5 Å². The average Bonchev–Trinajstić information content (AvgIpc) is 2.99. The summed E-state index contributed by atoms with van der Waals surface area (Å²) in [5.74, 6) is 0.146. The Kier molecular flexibility index (Phi) is 14.0. The number of amides is 1. The molecule has 1 atom stereocenters. The number of nitro groups is 1. The summed E-state index contributed by atoms with van der Waals surface area (Å²) in [6, 6.07) is 23.8. The second-order valence-electron chi connectivity index (χ2n) is 11.1. The van der Waals surface area contributed by atoms with Crippen LogP contribution >= 0.6 is 0 Å². The van der Waals surface area contributed by atoms with E-state index in [1.807, 2.05) is 65.6 Å². The van der Waals surface area contributed by atoms with E-state index in [1.165, 1.54) is 12.1 Å². The SMILES string of the molecule is CC(C)(C)OC(=O)NCCOCCOCCN(Cc1ccccc1)CC(O)c1ccc(OCc2ccccc2)c([N+](=O)[O-])c1. The summed E-state index contributed by atoms with van der Waals surface area (Å²) >= 11 is 0. The van der Waals surface area contributed by atoms with Crippen molar-refractivity contribution in [1.29, 1.82) is 0 Å². The van der Waals surface area contributed by atoms with Crippen LogP contribution in [0, 0.1) is 10.1 Å². The smallest absolute Gasteiger partial charge is 0.407 e. The van der Waals surface area contributed by atoms with Crippen LogP contribution in [0.2, 0.25) is 0 Å². The lowest BCUT2D eigenvalue weighted by Gasteiger charge is -2.25. The van der Waals surface area contributed by atoms with Gasteiger partial charge in [0.05, 0.1) is 37.5 Å². The van der Waals surface area contributed by atoms with Gasteiger partial charge >= 0.3 is 11.8 Å². The van der Waals surface area contributed by atoms with Gasteiger partial charge in [0, 0.05) is 32.2 Å². The number of aliphatic hydroxyl groups is 1. The van der Waals surface area contributed by atoms with E-state index in [0.717, 1.165) is 11.1 Å². The molecule has 3 aromatic carbocycles. The van der Waals surface area contributed by atoms with Crippen LogP contribution in [0.4, 0.5) is 10.5 Å². The van der Waals surface area contributed by atoms with Crippen LogP contribution in [-0.4, -0.2) is 72.7 Å². The van der Waals surface area contributed by atoms with Crippen molar-refractivity contribution in [2.24, 2.45) is 0 Å². The summed E-state index contributed by atoms with van der Waals surface area (Å²) in [6.07, 6.45) is -1.46. The van der Waals surface area contributed by atoms with Gasteiger partial charge in [-0.1, -0.05) is 66.7 Å². The molecule has 44 heavy (non-hydrogen) atoms. The quantitative estimate of drug-likeness (QED) is 0.112. The molecule has 1 unspecified atom stereocenters. The van der Waals surface area contributed by atoms with E-state index in [1.54, 1.807) is 26.8 Å². The summed E-state index contributed by atoms with van der Waals surface area (Å²) in [5, 5.41) is 25.5. The number of aliphatic hydroxyl groups excluding tert-OH is 1. The molecule has 0 aliphatic rings. The zero-order chi connectivity index (χ0) is 31.8. The lowest BCUT2D eigenvalue weighted by atomic mass is 10.1. The molecule has 11 heteroatoms. The van der Waals surface area contributed by atoms with Gasteiger partial charge in [0.2, 0.25) is 0 Å². The molecular weight excluding hydrogens is 566 g/mol. The molecular formula is C33H43N3O8. The number of rotatable bonds is 18. The number of carbonyl (C=O) groups excluding carboxylic acids is 1. The monoisotopic (exact) mass is 609 g/mol. The zero-order valence-electron chi connectivity index (χ0n) is 25.6.